The zero-order valence-corrected chi connectivity index (χ0v) is 31.3. The van der Waals surface area contributed by atoms with E-state index in [1.165, 1.54) is 88.3 Å². The lowest BCUT2D eigenvalue weighted by molar-refractivity contribution is 1.30. The maximum absolute atomic E-state index is 2.46. The smallest absolute Gasteiger partial charge is 0.0546 e. The van der Waals surface area contributed by atoms with Crippen molar-refractivity contribution in [1.82, 2.24) is 0 Å². The largest absolute Gasteiger partial charge is 0.310 e. The van der Waals surface area contributed by atoms with Crippen molar-refractivity contribution in [2.75, 3.05) is 4.90 Å². The molecule has 0 atom stereocenters. The molecule has 1 nitrogen and oxygen atoms in total. The fraction of sp³-hybridized carbons (Fsp3) is 0. The fourth-order valence-corrected chi connectivity index (χ4v) is 8.92. The molecule has 11 rings (SSSR count). The van der Waals surface area contributed by atoms with Crippen molar-refractivity contribution < 1.29 is 0 Å². The summed E-state index contributed by atoms with van der Waals surface area (Å²) in [5.74, 6) is 0. The molecule has 10 aromatic rings. The Morgan fingerprint density at radius 3 is 1.18 bits per heavy atom. The quantitative estimate of drug-likeness (QED) is 0.160. The van der Waals surface area contributed by atoms with Gasteiger partial charge in [-0.3, -0.25) is 0 Å². The van der Waals surface area contributed by atoms with Crippen LogP contribution in [-0.4, -0.2) is 0 Å². The summed E-state index contributed by atoms with van der Waals surface area (Å²) in [6.07, 6.45) is 0. The second-order valence-corrected chi connectivity index (χ2v) is 14.9. The zero-order valence-electron chi connectivity index (χ0n) is 31.3. The molecule has 0 amide bonds. The van der Waals surface area contributed by atoms with E-state index in [9.17, 15) is 0 Å². The molecule has 1 heteroatoms. The standard InChI is InChI=1S/C56H37N/c1-2-14-38(15-3-1)39-26-28-40(29-27-39)41-30-32-43(33-31-41)57(56-36-42-16-4-5-17-45(42)46-18-12-13-25-54(46)56)44-34-35-53-51-23-9-8-21-49(51)47-19-6-7-20-48(47)50-22-10-11-24-52(50)55(53)37-44/h1-37H. The number of rotatable bonds is 5. The second kappa shape index (κ2) is 13.7. The van der Waals surface area contributed by atoms with Crippen LogP contribution in [0.1, 0.15) is 0 Å². The Balaban J connectivity index is 1.12. The summed E-state index contributed by atoms with van der Waals surface area (Å²) in [5, 5.41) is 4.93. The predicted octanol–water partition coefficient (Wildman–Crippen LogP) is 15.8. The Labute approximate surface area is 333 Å². The number of benzene rings is 10. The highest BCUT2D eigenvalue weighted by molar-refractivity contribution is 6.15. The van der Waals surface area contributed by atoms with Crippen LogP contribution in [0, 0.1) is 0 Å². The molecule has 0 spiro atoms. The lowest BCUT2D eigenvalue weighted by atomic mass is 9.81. The molecule has 10 aromatic carbocycles. The van der Waals surface area contributed by atoms with Crippen molar-refractivity contribution in [2.45, 2.75) is 0 Å². The van der Waals surface area contributed by atoms with Crippen LogP contribution < -0.4 is 4.90 Å². The van der Waals surface area contributed by atoms with Crippen LogP contribution in [-0.2, 0) is 0 Å². The van der Waals surface area contributed by atoms with Crippen molar-refractivity contribution in [2.24, 2.45) is 0 Å². The summed E-state index contributed by atoms with van der Waals surface area (Å²) in [5.41, 5.74) is 18.1. The van der Waals surface area contributed by atoms with E-state index in [1.54, 1.807) is 0 Å². The molecule has 0 N–H and O–H groups in total. The molecule has 0 unspecified atom stereocenters. The van der Waals surface area contributed by atoms with E-state index in [4.69, 9.17) is 0 Å². The van der Waals surface area contributed by atoms with E-state index in [1.807, 2.05) is 0 Å². The van der Waals surface area contributed by atoms with Crippen LogP contribution in [0.15, 0.2) is 224 Å². The molecule has 0 saturated carbocycles. The first-order valence-electron chi connectivity index (χ1n) is 19.7. The van der Waals surface area contributed by atoms with E-state index < -0.39 is 0 Å². The highest BCUT2D eigenvalue weighted by Crippen LogP contribution is 2.50. The van der Waals surface area contributed by atoms with Gasteiger partial charge in [-0.25, -0.2) is 0 Å². The van der Waals surface area contributed by atoms with Crippen molar-refractivity contribution >= 4 is 38.6 Å². The first-order chi connectivity index (χ1) is 28.3. The van der Waals surface area contributed by atoms with E-state index in [0.29, 0.717) is 0 Å². The number of nitrogens with zero attached hydrogens (tertiary/aromatic N) is 1. The van der Waals surface area contributed by atoms with Gasteiger partial charge in [-0.05, 0) is 113 Å². The van der Waals surface area contributed by atoms with Gasteiger partial charge in [-0.15, -0.1) is 0 Å². The summed E-state index contributed by atoms with van der Waals surface area (Å²) in [6.45, 7) is 0. The topological polar surface area (TPSA) is 3.24 Å². The van der Waals surface area contributed by atoms with Crippen LogP contribution >= 0.6 is 0 Å². The van der Waals surface area contributed by atoms with Gasteiger partial charge in [0.1, 0.15) is 0 Å². The van der Waals surface area contributed by atoms with E-state index in [0.717, 1.165) is 17.1 Å². The highest BCUT2D eigenvalue weighted by Gasteiger charge is 2.24. The van der Waals surface area contributed by atoms with Gasteiger partial charge >= 0.3 is 0 Å². The Morgan fingerprint density at radius 2 is 0.614 bits per heavy atom. The average molecular weight is 724 g/mol. The third-order valence-corrected chi connectivity index (χ3v) is 11.6. The molecule has 0 saturated heterocycles. The van der Waals surface area contributed by atoms with Gasteiger partial charge in [-0.2, -0.15) is 0 Å². The predicted molar refractivity (Wildman–Crippen MR) is 242 cm³/mol. The van der Waals surface area contributed by atoms with Crippen molar-refractivity contribution in [3.8, 4) is 66.8 Å². The molecule has 57 heavy (non-hydrogen) atoms. The van der Waals surface area contributed by atoms with Crippen LogP contribution in [0.4, 0.5) is 17.1 Å². The molecule has 0 aliphatic heterocycles. The normalized spacial score (nSPS) is 11.5. The van der Waals surface area contributed by atoms with Crippen molar-refractivity contribution in [3.63, 3.8) is 0 Å². The summed E-state index contributed by atoms with van der Waals surface area (Å²) >= 11 is 0. The van der Waals surface area contributed by atoms with Gasteiger partial charge in [0, 0.05) is 16.8 Å². The van der Waals surface area contributed by atoms with Crippen LogP contribution in [0.5, 0.6) is 0 Å². The highest BCUT2D eigenvalue weighted by atomic mass is 15.1. The third-order valence-electron chi connectivity index (χ3n) is 11.6. The van der Waals surface area contributed by atoms with Gasteiger partial charge in [0.25, 0.3) is 0 Å². The summed E-state index contributed by atoms with van der Waals surface area (Å²) in [6, 6.07) is 82.2. The van der Waals surface area contributed by atoms with E-state index in [2.05, 4.69) is 229 Å². The molecule has 266 valence electrons. The molecule has 0 fully saturated rings. The molecule has 0 bridgehead atoms. The van der Waals surface area contributed by atoms with Gasteiger partial charge < -0.3 is 4.90 Å². The van der Waals surface area contributed by atoms with Gasteiger partial charge in [0.05, 0.1) is 5.69 Å². The maximum Gasteiger partial charge on any atom is 0.0546 e. The minimum atomic E-state index is 1.10. The molecular formula is C56H37N. The first-order valence-corrected chi connectivity index (χ1v) is 19.7. The minimum absolute atomic E-state index is 1.10. The Hall–Kier alpha value is -7.48. The Kier molecular flexibility index (Phi) is 7.89. The Bertz CT molecular complexity index is 3100. The minimum Gasteiger partial charge on any atom is -0.310 e. The zero-order chi connectivity index (χ0) is 37.7. The van der Waals surface area contributed by atoms with Gasteiger partial charge in [0.2, 0.25) is 0 Å². The third kappa shape index (κ3) is 5.63. The molecule has 0 radical (unpaired) electrons. The van der Waals surface area contributed by atoms with Crippen molar-refractivity contribution in [1.29, 1.82) is 0 Å². The molecule has 0 aromatic heterocycles. The number of hydrogen-bond acceptors (Lipinski definition) is 1. The summed E-state index contributed by atoms with van der Waals surface area (Å²) < 4.78 is 0. The fourth-order valence-electron chi connectivity index (χ4n) is 8.92. The summed E-state index contributed by atoms with van der Waals surface area (Å²) in [4.78, 5) is 2.46. The average Bonchev–Trinajstić information content (AvgIpc) is 3.29. The number of hydrogen-bond donors (Lipinski definition) is 0. The van der Waals surface area contributed by atoms with Crippen LogP contribution in [0.25, 0.3) is 88.3 Å². The monoisotopic (exact) mass is 723 g/mol. The van der Waals surface area contributed by atoms with Crippen molar-refractivity contribution in [3.05, 3.63) is 224 Å². The van der Waals surface area contributed by atoms with Crippen LogP contribution in [0.2, 0.25) is 0 Å². The first kappa shape index (κ1) is 32.9. The lowest BCUT2D eigenvalue weighted by Crippen LogP contribution is -2.11. The van der Waals surface area contributed by atoms with Crippen LogP contribution in [0.3, 0.4) is 0 Å². The number of fused-ring (bicyclic) bond motifs is 11. The molecule has 1 aliphatic rings. The lowest BCUT2D eigenvalue weighted by Gasteiger charge is -2.30. The molecular weight excluding hydrogens is 687 g/mol. The summed E-state index contributed by atoms with van der Waals surface area (Å²) in [7, 11) is 0. The number of anilines is 3. The maximum atomic E-state index is 2.46. The molecule has 1 aliphatic carbocycles. The van der Waals surface area contributed by atoms with Gasteiger partial charge in [-0.1, -0.05) is 194 Å². The second-order valence-electron chi connectivity index (χ2n) is 14.9. The van der Waals surface area contributed by atoms with E-state index >= 15 is 0 Å². The molecule has 0 heterocycles. The SMILES string of the molecule is c1ccc(-c2ccc(-c3ccc(N(c4ccc5c(c4)-c4ccccc4-c4ccccc4-c4ccccc4-5)c4cc5ccccc5c5ccccc45)cc3)cc2)cc1. The van der Waals surface area contributed by atoms with Gasteiger partial charge in [0.15, 0.2) is 0 Å². The van der Waals surface area contributed by atoms with E-state index in [-0.39, 0.29) is 0 Å². The Morgan fingerprint density at radius 1 is 0.228 bits per heavy atom.